The maximum atomic E-state index is 9.96. The molecule has 72 valence electrons. The van der Waals surface area contributed by atoms with Crippen LogP contribution < -0.4 is 0 Å². The van der Waals surface area contributed by atoms with Crippen LogP contribution in [0.25, 0.3) is 0 Å². The summed E-state index contributed by atoms with van der Waals surface area (Å²) in [6.45, 7) is 0. The van der Waals surface area contributed by atoms with Gasteiger partial charge in [-0.2, -0.15) is 0 Å². The van der Waals surface area contributed by atoms with Crippen molar-refractivity contribution in [3.8, 4) is 0 Å². The van der Waals surface area contributed by atoms with Crippen LogP contribution in [0.5, 0.6) is 0 Å². The van der Waals surface area contributed by atoms with Gasteiger partial charge in [-0.3, -0.25) is 0 Å². The van der Waals surface area contributed by atoms with Crippen molar-refractivity contribution in [3.63, 3.8) is 0 Å². The molecule has 2 rings (SSSR count). The third-order valence-corrected chi connectivity index (χ3v) is 3.26. The van der Waals surface area contributed by atoms with Gasteiger partial charge in [0.2, 0.25) is 0 Å². The van der Waals surface area contributed by atoms with Crippen LogP contribution in [0.4, 0.5) is 0 Å². The third kappa shape index (κ3) is 1.98. The van der Waals surface area contributed by atoms with Crippen LogP contribution in [-0.2, 0) is 0 Å². The molecule has 0 saturated carbocycles. The van der Waals surface area contributed by atoms with E-state index in [-0.39, 0.29) is 0 Å². The first-order chi connectivity index (χ1) is 6.77. The number of halogens is 1. The summed E-state index contributed by atoms with van der Waals surface area (Å²) in [6.07, 6.45) is -0.561. The number of thiophene rings is 1. The minimum absolute atomic E-state index is 0.561. The number of hydrogen-bond donors (Lipinski definition) is 1. The molecule has 1 nitrogen and oxygen atoms in total. The zero-order valence-electron chi connectivity index (χ0n) is 7.35. The lowest BCUT2D eigenvalue weighted by Gasteiger charge is -2.07. The van der Waals surface area contributed by atoms with Crippen molar-refractivity contribution >= 4 is 22.9 Å². The van der Waals surface area contributed by atoms with Crippen molar-refractivity contribution in [2.24, 2.45) is 0 Å². The lowest BCUT2D eigenvalue weighted by atomic mass is 10.1. The van der Waals surface area contributed by atoms with Crippen molar-refractivity contribution in [2.75, 3.05) is 0 Å². The van der Waals surface area contributed by atoms with Gasteiger partial charge >= 0.3 is 0 Å². The van der Waals surface area contributed by atoms with Crippen LogP contribution >= 0.6 is 22.9 Å². The standard InChI is InChI=1S/C11H9ClOS/c12-10-7-6-9(14-10)11(13)8-4-2-1-3-5-8/h1-7,11,13H. The minimum atomic E-state index is -0.561. The van der Waals surface area contributed by atoms with E-state index in [2.05, 4.69) is 0 Å². The van der Waals surface area contributed by atoms with Gasteiger partial charge in [0.1, 0.15) is 6.10 Å². The highest BCUT2D eigenvalue weighted by atomic mass is 35.5. The van der Waals surface area contributed by atoms with Crippen LogP contribution in [0.2, 0.25) is 4.34 Å². The Morgan fingerprint density at radius 2 is 1.79 bits per heavy atom. The summed E-state index contributed by atoms with van der Waals surface area (Å²) in [5, 5.41) is 9.96. The fraction of sp³-hybridized carbons (Fsp3) is 0.0909. The smallest absolute Gasteiger partial charge is 0.113 e. The molecule has 1 aromatic heterocycles. The first-order valence-corrected chi connectivity index (χ1v) is 5.45. The zero-order chi connectivity index (χ0) is 9.97. The summed E-state index contributed by atoms with van der Waals surface area (Å²) >= 11 is 7.21. The van der Waals surface area contributed by atoms with Crippen LogP contribution in [0.3, 0.4) is 0 Å². The van der Waals surface area contributed by atoms with E-state index in [1.54, 1.807) is 6.07 Å². The van der Waals surface area contributed by atoms with E-state index >= 15 is 0 Å². The van der Waals surface area contributed by atoms with Crippen LogP contribution in [0.1, 0.15) is 16.5 Å². The molecule has 2 aromatic rings. The number of aliphatic hydroxyl groups is 1. The Bertz CT molecular complexity index is 410. The fourth-order valence-electron chi connectivity index (χ4n) is 1.27. The summed E-state index contributed by atoms with van der Waals surface area (Å²) in [5.41, 5.74) is 0.894. The molecule has 0 aliphatic rings. The quantitative estimate of drug-likeness (QED) is 0.828. The Kier molecular flexibility index (Phi) is 2.87. The van der Waals surface area contributed by atoms with Gasteiger partial charge in [0.15, 0.2) is 0 Å². The molecule has 0 aliphatic heterocycles. The largest absolute Gasteiger partial charge is 0.383 e. The summed E-state index contributed by atoms with van der Waals surface area (Å²) in [6, 6.07) is 13.2. The van der Waals surface area contributed by atoms with Crippen LogP contribution in [0, 0.1) is 0 Å². The number of benzene rings is 1. The Balaban J connectivity index is 2.29. The first-order valence-electron chi connectivity index (χ1n) is 4.25. The van der Waals surface area contributed by atoms with Gasteiger partial charge in [-0.15, -0.1) is 11.3 Å². The van der Waals surface area contributed by atoms with E-state index in [4.69, 9.17) is 11.6 Å². The third-order valence-electron chi connectivity index (χ3n) is 1.98. The second-order valence-electron chi connectivity index (χ2n) is 2.96. The highest BCUT2D eigenvalue weighted by Gasteiger charge is 2.11. The van der Waals surface area contributed by atoms with E-state index in [0.717, 1.165) is 10.4 Å². The summed E-state index contributed by atoms with van der Waals surface area (Å²) in [4.78, 5) is 0.876. The van der Waals surface area contributed by atoms with Gasteiger partial charge in [-0.25, -0.2) is 0 Å². The average molecular weight is 225 g/mol. The van der Waals surface area contributed by atoms with Crippen molar-refractivity contribution in [1.29, 1.82) is 0 Å². The maximum absolute atomic E-state index is 9.96. The van der Waals surface area contributed by atoms with Crippen molar-refractivity contribution < 1.29 is 5.11 Å². The summed E-state index contributed by atoms with van der Waals surface area (Å²) in [5.74, 6) is 0. The molecule has 1 N–H and O–H groups in total. The topological polar surface area (TPSA) is 20.2 Å². The van der Waals surface area contributed by atoms with Crippen molar-refractivity contribution in [2.45, 2.75) is 6.10 Å². The Morgan fingerprint density at radius 3 is 2.36 bits per heavy atom. The highest BCUT2D eigenvalue weighted by Crippen LogP contribution is 2.30. The Labute approximate surface area is 91.6 Å². The second-order valence-corrected chi connectivity index (χ2v) is 4.70. The first kappa shape index (κ1) is 9.71. The zero-order valence-corrected chi connectivity index (χ0v) is 8.92. The molecule has 0 aliphatic carbocycles. The van der Waals surface area contributed by atoms with Gasteiger partial charge in [-0.1, -0.05) is 41.9 Å². The van der Waals surface area contributed by atoms with Crippen LogP contribution in [-0.4, -0.2) is 5.11 Å². The molecule has 0 amide bonds. The fourth-order valence-corrected chi connectivity index (χ4v) is 2.35. The molecule has 3 heteroatoms. The molecule has 1 unspecified atom stereocenters. The predicted molar refractivity (Wildman–Crippen MR) is 59.8 cm³/mol. The monoisotopic (exact) mass is 224 g/mol. The number of hydrogen-bond acceptors (Lipinski definition) is 2. The SMILES string of the molecule is OC(c1ccccc1)c1ccc(Cl)s1. The second kappa shape index (κ2) is 4.13. The lowest BCUT2D eigenvalue weighted by molar-refractivity contribution is 0.224. The van der Waals surface area contributed by atoms with Gasteiger partial charge in [0.05, 0.1) is 4.34 Å². The highest BCUT2D eigenvalue weighted by molar-refractivity contribution is 7.16. The van der Waals surface area contributed by atoms with Gasteiger partial charge in [0, 0.05) is 4.88 Å². The van der Waals surface area contributed by atoms with E-state index in [1.165, 1.54) is 11.3 Å². The molecule has 1 atom stereocenters. The molecule has 1 heterocycles. The molecular weight excluding hydrogens is 216 g/mol. The normalized spacial score (nSPS) is 12.7. The average Bonchev–Trinajstić information content (AvgIpc) is 2.65. The van der Waals surface area contributed by atoms with E-state index < -0.39 is 6.10 Å². The van der Waals surface area contributed by atoms with Crippen LogP contribution in [0.15, 0.2) is 42.5 Å². The molecule has 0 radical (unpaired) electrons. The number of rotatable bonds is 2. The molecule has 14 heavy (non-hydrogen) atoms. The van der Waals surface area contributed by atoms with E-state index in [0.29, 0.717) is 4.34 Å². The Hall–Kier alpha value is -0.830. The molecule has 0 fully saturated rings. The van der Waals surface area contributed by atoms with Gasteiger partial charge in [-0.05, 0) is 17.7 Å². The summed E-state index contributed by atoms with van der Waals surface area (Å²) < 4.78 is 0.704. The number of aliphatic hydroxyl groups excluding tert-OH is 1. The predicted octanol–water partition coefficient (Wildman–Crippen LogP) is 3.48. The van der Waals surface area contributed by atoms with E-state index in [1.807, 2.05) is 36.4 Å². The molecule has 0 saturated heterocycles. The molecular formula is C11H9ClOS. The van der Waals surface area contributed by atoms with E-state index in [9.17, 15) is 5.11 Å². The van der Waals surface area contributed by atoms with Crippen molar-refractivity contribution in [3.05, 3.63) is 57.2 Å². The van der Waals surface area contributed by atoms with Crippen molar-refractivity contribution in [1.82, 2.24) is 0 Å². The molecule has 0 spiro atoms. The molecule has 0 bridgehead atoms. The van der Waals surface area contributed by atoms with Gasteiger partial charge in [0.25, 0.3) is 0 Å². The molecule has 1 aromatic carbocycles. The Morgan fingerprint density at radius 1 is 1.07 bits per heavy atom. The maximum Gasteiger partial charge on any atom is 0.113 e. The lowest BCUT2D eigenvalue weighted by Crippen LogP contribution is -1.95. The van der Waals surface area contributed by atoms with Gasteiger partial charge < -0.3 is 5.11 Å². The minimum Gasteiger partial charge on any atom is -0.383 e. The summed E-state index contributed by atoms with van der Waals surface area (Å²) in [7, 11) is 0.